The molecule has 0 radical (unpaired) electrons. The number of aliphatic imine (C=N–C) groups is 1. The van der Waals surface area contributed by atoms with E-state index in [-0.39, 0.29) is 16.2 Å². The van der Waals surface area contributed by atoms with Gasteiger partial charge in [0.15, 0.2) is 5.17 Å². The Labute approximate surface area is 167 Å². The van der Waals surface area contributed by atoms with Gasteiger partial charge in [0.05, 0.1) is 10.6 Å². The zero-order chi connectivity index (χ0) is 21.0. The summed E-state index contributed by atoms with van der Waals surface area (Å²) in [5, 5.41) is 2.91. The highest BCUT2D eigenvalue weighted by Gasteiger charge is 2.25. The molecule has 152 valence electrons. The van der Waals surface area contributed by atoms with E-state index in [2.05, 4.69) is 19.8 Å². The molecule has 29 heavy (non-hydrogen) atoms. The molecule has 0 saturated carbocycles. The van der Waals surface area contributed by atoms with Crippen LogP contribution in [-0.2, 0) is 4.79 Å². The van der Waals surface area contributed by atoms with Crippen molar-refractivity contribution in [2.24, 2.45) is 4.99 Å². The maximum Gasteiger partial charge on any atom is 0.387 e. The van der Waals surface area contributed by atoms with Gasteiger partial charge in [-0.25, -0.2) is 4.99 Å². The van der Waals surface area contributed by atoms with Crippen molar-refractivity contribution in [2.75, 3.05) is 0 Å². The minimum Gasteiger partial charge on any atom is -0.435 e. The van der Waals surface area contributed by atoms with E-state index < -0.39 is 24.9 Å². The van der Waals surface area contributed by atoms with Gasteiger partial charge in [-0.05, 0) is 48.5 Å². The molecule has 0 aromatic heterocycles. The predicted octanol–water partition coefficient (Wildman–Crippen LogP) is 5.09. The van der Waals surface area contributed by atoms with Crippen molar-refractivity contribution in [3.63, 3.8) is 0 Å². The average Bonchev–Trinajstić information content (AvgIpc) is 2.97. The largest absolute Gasteiger partial charge is 0.435 e. The lowest BCUT2D eigenvalue weighted by Crippen LogP contribution is -2.19. The highest BCUT2D eigenvalue weighted by atomic mass is 32.2. The molecule has 1 saturated heterocycles. The van der Waals surface area contributed by atoms with Crippen LogP contribution in [0.3, 0.4) is 0 Å². The number of nitrogens with one attached hydrogen (secondary N) is 1. The van der Waals surface area contributed by atoms with Crippen molar-refractivity contribution in [3.8, 4) is 11.5 Å². The molecule has 1 amide bonds. The molecule has 0 atom stereocenters. The van der Waals surface area contributed by atoms with Crippen LogP contribution in [0.2, 0.25) is 0 Å². The molecule has 0 aliphatic carbocycles. The fourth-order valence-corrected chi connectivity index (χ4v) is 3.25. The third kappa shape index (κ3) is 5.50. The number of thioether (sulfide) groups is 1. The first-order valence-electron chi connectivity index (χ1n) is 8.20. The standard InChI is InChI=1S/C19H14F4N2O3S/c1-10-4-2-3-5-13(10)24-19-25-16(26)15(29-19)8-11-6-7-12(27-17(20)21)9-14(11)28-18(22)23/h2-9,17-18H,1H3,(H,24,25,26)/b15-8+. The van der Waals surface area contributed by atoms with Crippen LogP contribution in [0.25, 0.3) is 6.08 Å². The van der Waals surface area contributed by atoms with Gasteiger partial charge in [-0.3, -0.25) is 4.79 Å². The minimum atomic E-state index is -3.18. The molecule has 3 rings (SSSR count). The van der Waals surface area contributed by atoms with E-state index >= 15 is 0 Å². The fourth-order valence-electron chi connectivity index (χ4n) is 2.43. The molecule has 1 aliphatic heterocycles. The van der Waals surface area contributed by atoms with Gasteiger partial charge in [0.1, 0.15) is 11.5 Å². The molecule has 0 bridgehead atoms. The van der Waals surface area contributed by atoms with Gasteiger partial charge in [-0.2, -0.15) is 17.6 Å². The van der Waals surface area contributed by atoms with E-state index in [0.29, 0.717) is 10.9 Å². The number of amidine groups is 1. The molecule has 1 fully saturated rings. The molecule has 10 heteroatoms. The van der Waals surface area contributed by atoms with Crippen LogP contribution < -0.4 is 14.8 Å². The highest BCUT2D eigenvalue weighted by Crippen LogP contribution is 2.33. The van der Waals surface area contributed by atoms with Gasteiger partial charge in [0, 0.05) is 11.6 Å². The summed E-state index contributed by atoms with van der Waals surface area (Å²) in [5.74, 6) is -1.22. The molecule has 2 aromatic carbocycles. The van der Waals surface area contributed by atoms with Crippen molar-refractivity contribution >= 4 is 34.6 Å². The van der Waals surface area contributed by atoms with Crippen molar-refractivity contribution in [2.45, 2.75) is 20.1 Å². The number of rotatable bonds is 6. The van der Waals surface area contributed by atoms with Crippen LogP contribution in [0.1, 0.15) is 11.1 Å². The molecular weight excluding hydrogens is 412 g/mol. The summed E-state index contributed by atoms with van der Waals surface area (Å²) in [6, 6.07) is 10.6. The number of carbonyl (C=O) groups excluding carboxylic acids is 1. The number of aryl methyl sites for hydroxylation is 1. The Balaban J connectivity index is 1.89. The highest BCUT2D eigenvalue weighted by molar-refractivity contribution is 8.18. The molecule has 2 aromatic rings. The summed E-state index contributed by atoms with van der Waals surface area (Å²) in [6.07, 6.45) is 1.31. The minimum absolute atomic E-state index is 0.0988. The first kappa shape index (κ1) is 20.7. The Morgan fingerprint density at radius 3 is 2.48 bits per heavy atom. The average molecular weight is 426 g/mol. The number of alkyl halides is 4. The zero-order valence-electron chi connectivity index (χ0n) is 14.9. The van der Waals surface area contributed by atoms with E-state index in [0.717, 1.165) is 29.5 Å². The van der Waals surface area contributed by atoms with Gasteiger partial charge in [0.25, 0.3) is 5.91 Å². The lowest BCUT2D eigenvalue weighted by atomic mass is 10.1. The monoisotopic (exact) mass is 426 g/mol. The number of halogens is 4. The second-order valence-corrected chi connectivity index (χ2v) is 6.76. The zero-order valence-corrected chi connectivity index (χ0v) is 15.7. The summed E-state index contributed by atoms with van der Waals surface area (Å²) >= 11 is 1.02. The van der Waals surface area contributed by atoms with Crippen LogP contribution in [0.15, 0.2) is 52.4 Å². The third-order valence-corrected chi connectivity index (χ3v) is 4.61. The number of hydrogen-bond donors (Lipinski definition) is 1. The summed E-state index contributed by atoms with van der Waals surface area (Å²) < 4.78 is 58.7. The molecular formula is C19H14F4N2O3S. The number of amides is 1. The van der Waals surface area contributed by atoms with Gasteiger partial charge >= 0.3 is 13.2 Å². The lowest BCUT2D eigenvalue weighted by molar-refractivity contribution is -0.115. The Kier molecular flexibility index (Phi) is 6.42. The maximum absolute atomic E-state index is 12.7. The first-order valence-corrected chi connectivity index (χ1v) is 9.02. The Hall–Kier alpha value is -3.01. The van der Waals surface area contributed by atoms with E-state index in [4.69, 9.17) is 0 Å². The fraction of sp³-hybridized carbons (Fsp3) is 0.158. The topological polar surface area (TPSA) is 59.9 Å². The molecule has 0 spiro atoms. The Morgan fingerprint density at radius 2 is 1.79 bits per heavy atom. The maximum atomic E-state index is 12.7. The van der Waals surface area contributed by atoms with Crippen LogP contribution in [0.5, 0.6) is 11.5 Å². The third-order valence-electron chi connectivity index (χ3n) is 3.70. The summed E-state index contributed by atoms with van der Waals surface area (Å²) in [7, 11) is 0. The first-order chi connectivity index (χ1) is 13.8. The van der Waals surface area contributed by atoms with E-state index in [1.54, 1.807) is 6.07 Å². The molecule has 1 heterocycles. The number of carbonyl (C=O) groups is 1. The summed E-state index contributed by atoms with van der Waals surface area (Å²) in [4.78, 5) is 16.8. The van der Waals surface area contributed by atoms with E-state index in [1.807, 2.05) is 25.1 Å². The molecule has 0 unspecified atom stereocenters. The quantitative estimate of drug-likeness (QED) is 0.516. The SMILES string of the molecule is Cc1ccccc1N=C1NC(=O)/C(=C\c2ccc(OC(F)F)cc2OC(F)F)S1. The summed E-state index contributed by atoms with van der Waals surface area (Å²) in [6.45, 7) is -4.43. The van der Waals surface area contributed by atoms with Crippen molar-refractivity contribution < 1.29 is 31.8 Å². The van der Waals surface area contributed by atoms with Crippen LogP contribution in [-0.4, -0.2) is 24.3 Å². The second kappa shape index (κ2) is 8.99. The van der Waals surface area contributed by atoms with Gasteiger partial charge in [-0.1, -0.05) is 18.2 Å². The van der Waals surface area contributed by atoms with Crippen LogP contribution >= 0.6 is 11.8 Å². The predicted molar refractivity (Wildman–Crippen MR) is 102 cm³/mol. The second-order valence-electron chi connectivity index (χ2n) is 5.72. The van der Waals surface area contributed by atoms with Gasteiger partial charge < -0.3 is 14.8 Å². The van der Waals surface area contributed by atoms with Crippen molar-refractivity contribution in [1.29, 1.82) is 0 Å². The Bertz CT molecular complexity index is 980. The number of nitrogens with zero attached hydrogens (tertiary/aromatic N) is 1. The summed E-state index contributed by atoms with van der Waals surface area (Å²) in [5.41, 5.74) is 1.68. The van der Waals surface area contributed by atoms with Crippen LogP contribution in [0, 0.1) is 6.92 Å². The smallest absolute Gasteiger partial charge is 0.387 e. The van der Waals surface area contributed by atoms with Gasteiger partial charge in [0.2, 0.25) is 0 Å². The van der Waals surface area contributed by atoms with E-state index in [1.165, 1.54) is 12.1 Å². The van der Waals surface area contributed by atoms with E-state index in [9.17, 15) is 22.4 Å². The Morgan fingerprint density at radius 1 is 1.07 bits per heavy atom. The number of benzene rings is 2. The van der Waals surface area contributed by atoms with Crippen molar-refractivity contribution in [3.05, 3.63) is 58.5 Å². The molecule has 1 N–H and O–H groups in total. The molecule has 5 nitrogen and oxygen atoms in total. The lowest BCUT2D eigenvalue weighted by Gasteiger charge is -2.11. The van der Waals surface area contributed by atoms with Crippen molar-refractivity contribution in [1.82, 2.24) is 5.32 Å². The van der Waals surface area contributed by atoms with Gasteiger partial charge in [-0.15, -0.1) is 0 Å². The number of ether oxygens (including phenoxy) is 2. The number of para-hydroxylation sites is 1. The normalized spacial score (nSPS) is 16.7. The van der Waals surface area contributed by atoms with Crippen LogP contribution in [0.4, 0.5) is 23.2 Å². The number of hydrogen-bond acceptors (Lipinski definition) is 5. The molecule has 1 aliphatic rings.